The molecule has 1 aromatic heterocycles. The number of hydrogen-bond acceptors (Lipinski definition) is 3. The predicted octanol–water partition coefficient (Wildman–Crippen LogP) is 0.411. The highest BCUT2D eigenvalue weighted by Crippen LogP contribution is 1.88. The van der Waals surface area contributed by atoms with Gasteiger partial charge in [-0.25, -0.2) is 9.67 Å². The lowest BCUT2D eigenvalue weighted by molar-refractivity contribution is 0.632. The molecular weight excluding hydrogens is 164 g/mol. The first kappa shape index (κ1) is 9.75. The topological polar surface area (TPSA) is 42.7 Å². The van der Waals surface area contributed by atoms with Crippen LogP contribution in [0.25, 0.3) is 0 Å². The van der Waals surface area contributed by atoms with E-state index in [0.717, 1.165) is 18.8 Å². The van der Waals surface area contributed by atoms with E-state index in [2.05, 4.69) is 28.2 Å². The van der Waals surface area contributed by atoms with Crippen LogP contribution >= 0.6 is 0 Å². The molecule has 4 nitrogen and oxygen atoms in total. The highest BCUT2D eigenvalue weighted by Gasteiger charge is 1.97. The summed E-state index contributed by atoms with van der Waals surface area (Å²) in [5.74, 6) is 3.30. The Kier molecular flexibility index (Phi) is 4.00. The van der Waals surface area contributed by atoms with Crippen molar-refractivity contribution < 1.29 is 0 Å². The van der Waals surface area contributed by atoms with Gasteiger partial charge in [-0.05, 0) is 13.0 Å². The molecule has 70 valence electrons. The van der Waals surface area contributed by atoms with Crippen molar-refractivity contribution in [1.29, 1.82) is 0 Å². The Morgan fingerprint density at radius 3 is 3.23 bits per heavy atom. The summed E-state index contributed by atoms with van der Waals surface area (Å²) in [6, 6.07) is 0. The van der Waals surface area contributed by atoms with Gasteiger partial charge >= 0.3 is 0 Å². The van der Waals surface area contributed by atoms with Crippen LogP contribution in [0.4, 0.5) is 0 Å². The highest BCUT2D eigenvalue weighted by atomic mass is 15.3. The zero-order valence-electron chi connectivity index (χ0n) is 7.82. The van der Waals surface area contributed by atoms with Crippen molar-refractivity contribution in [3.63, 3.8) is 0 Å². The van der Waals surface area contributed by atoms with Gasteiger partial charge in [0.2, 0.25) is 0 Å². The highest BCUT2D eigenvalue weighted by molar-refractivity contribution is 4.87. The second kappa shape index (κ2) is 5.33. The van der Waals surface area contributed by atoms with Gasteiger partial charge in [0.1, 0.15) is 12.9 Å². The Balaban J connectivity index is 2.36. The maximum atomic E-state index is 5.14. The molecule has 0 spiro atoms. The van der Waals surface area contributed by atoms with E-state index in [1.807, 2.05) is 0 Å². The molecule has 1 N–H and O–H groups in total. The van der Waals surface area contributed by atoms with Crippen LogP contribution in [0, 0.1) is 12.3 Å². The third-order valence-corrected chi connectivity index (χ3v) is 1.55. The second-order valence-electron chi connectivity index (χ2n) is 2.74. The molecule has 0 saturated heterocycles. The van der Waals surface area contributed by atoms with E-state index in [-0.39, 0.29) is 0 Å². The Bertz CT molecular complexity index is 284. The number of nitrogens with one attached hydrogen (secondary N) is 1. The minimum Gasteiger partial charge on any atom is -0.310 e. The number of terminal acetylenes is 1. The van der Waals surface area contributed by atoms with Crippen LogP contribution in [0.1, 0.15) is 19.2 Å². The molecule has 0 aliphatic heterocycles. The lowest BCUT2D eigenvalue weighted by atomic mass is 10.5. The molecule has 1 rings (SSSR count). The first-order valence-electron chi connectivity index (χ1n) is 4.39. The molecular formula is C9H14N4. The average molecular weight is 178 g/mol. The van der Waals surface area contributed by atoms with Crippen LogP contribution in [0.15, 0.2) is 6.33 Å². The summed E-state index contributed by atoms with van der Waals surface area (Å²) in [7, 11) is 0. The monoisotopic (exact) mass is 178 g/mol. The average Bonchev–Trinajstić information content (AvgIpc) is 2.54. The number of rotatable bonds is 5. The predicted molar refractivity (Wildman–Crippen MR) is 50.9 cm³/mol. The van der Waals surface area contributed by atoms with E-state index in [1.165, 1.54) is 0 Å². The molecule has 0 fully saturated rings. The largest absolute Gasteiger partial charge is 0.310 e. The molecule has 1 heterocycles. The normalized spacial score (nSPS) is 9.85. The van der Waals surface area contributed by atoms with Gasteiger partial charge in [-0.3, -0.25) is 0 Å². The fourth-order valence-electron chi connectivity index (χ4n) is 0.961. The quantitative estimate of drug-likeness (QED) is 0.524. The molecule has 0 bridgehead atoms. The molecule has 0 saturated carbocycles. The van der Waals surface area contributed by atoms with Crippen LogP contribution < -0.4 is 5.32 Å². The minimum absolute atomic E-state index is 0.487. The Morgan fingerprint density at radius 1 is 1.69 bits per heavy atom. The zero-order valence-corrected chi connectivity index (χ0v) is 7.82. The van der Waals surface area contributed by atoms with E-state index in [1.54, 1.807) is 11.0 Å². The van der Waals surface area contributed by atoms with Gasteiger partial charge < -0.3 is 5.32 Å². The Hall–Kier alpha value is -1.34. The minimum atomic E-state index is 0.487. The van der Waals surface area contributed by atoms with E-state index in [4.69, 9.17) is 6.42 Å². The van der Waals surface area contributed by atoms with E-state index in [0.29, 0.717) is 13.1 Å². The van der Waals surface area contributed by atoms with Crippen LogP contribution in [0.5, 0.6) is 0 Å². The Morgan fingerprint density at radius 2 is 2.54 bits per heavy atom. The molecule has 0 amide bonds. The van der Waals surface area contributed by atoms with Crippen LogP contribution in [-0.2, 0) is 13.1 Å². The van der Waals surface area contributed by atoms with Crippen LogP contribution in [0.3, 0.4) is 0 Å². The Labute approximate surface area is 78.4 Å². The SMILES string of the molecule is C#CCn1cnc(CNCCC)n1. The maximum absolute atomic E-state index is 5.14. The second-order valence-corrected chi connectivity index (χ2v) is 2.74. The molecule has 0 radical (unpaired) electrons. The lowest BCUT2D eigenvalue weighted by Gasteiger charge is -1.96. The summed E-state index contributed by atoms with van der Waals surface area (Å²) < 4.78 is 1.66. The van der Waals surface area contributed by atoms with Crippen molar-refractivity contribution in [2.24, 2.45) is 0 Å². The zero-order chi connectivity index (χ0) is 9.52. The summed E-state index contributed by atoms with van der Waals surface area (Å²) in [6.07, 6.45) is 7.91. The van der Waals surface area contributed by atoms with E-state index in [9.17, 15) is 0 Å². The standard InChI is InChI=1S/C9H14N4/c1-3-5-10-7-9-11-8-13(12-9)6-4-2/h2,8,10H,3,5-7H2,1H3. The van der Waals surface area contributed by atoms with E-state index < -0.39 is 0 Å². The third kappa shape index (κ3) is 3.26. The molecule has 0 aromatic carbocycles. The summed E-state index contributed by atoms with van der Waals surface area (Å²) in [4.78, 5) is 4.10. The smallest absolute Gasteiger partial charge is 0.164 e. The van der Waals surface area contributed by atoms with Crippen molar-refractivity contribution in [3.05, 3.63) is 12.2 Å². The molecule has 0 aliphatic rings. The number of hydrogen-bond donors (Lipinski definition) is 1. The maximum Gasteiger partial charge on any atom is 0.164 e. The first-order valence-corrected chi connectivity index (χ1v) is 4.39. The fourth-order valence-corrected chi connectivity index (χ4v) is 0.961. The van der Waals surface area contributed by atoms with Gasteiger partial charge in [0, 0.05) is 0 Å². The van der Waals surface area contributed by atoms with Gasteiger partial charge in [-0.2, -0.15) is 5.10 Å². The van der Waals surface area contributed by atoms with Gasteiger partial charge in [0.05, 0.1) is 6.54 Å². The first-order chi connectivity index (χ1) is 6.36. The lowest BCUT2D eigenvalue weighted by Crippen LogP contribution is -2.15. The van der Waals surface area contributed by atoms with Crippen LogP contribution in [-0.4, -0.2) is 21.3 Å². The molecule has 4 heteroatoms. The number of aromatic nitrogens is 3. The molecule has 0 aliphatic carbocycles. The van der Waals surface area contributed by atoms with Gasteiger partial charge in [-0.1, -0.05) is 12.8 Å². The van der Waals surface area contributed by atoms with Crippen molar-refractivity contribution in [2.45, 2.75) is 26.4 Å². The van der Waals surface area contributed by atoms with Gasteiger partial charge in [0.15, 0.2) is 5.82 Å². The van der Waals surface area contributed by atoms with Crippen molar-refractivity contribution in [2.75, 3.05) is 6.54 Å². The summed E-state index contributed by atoms with van der Waals surface area (Å²) in [5.41, 5.74) is 0. The van der Waals surface area contributed by atoms with Gasteiger partial charge in [0.25, 0.3) is 0 Å². The third-order valence-electron chi connectivity index (χ3n) is 1.55. The summed E-state index contributed by atoms with van der Waals surface area (Å²) in [5, 5.41) is 7.39. The fraction of sp³-hybridized carbons (Fsp3) is 0.556. The van der Waals surface area contributed by atoms with Crippen molar-refractivity contribution >= 4 is 0 Å². The van der Waals surface area contributed by atoms with Crippen LogP contribution in [0.2, 0.25) is 0 Å². The molecule has 1 aromatic rings. The number of nitrogens with zero attached hydrogens (tertiary/aromatic N) is 3. The summed E-state index contributed by atoms with van der Waals surface area (Å²) >= 11 is 0. The molecule has 0 atom stereocenters. The molecule has 0 unspecified atom stereocenters. The van der Waals surface area contributed by atoms with E-state index >= 15 is 0 Å². The van der Waals surface area contributed by atoms with Gasteiger partial charge in [-0.15, -0.1) is 6.42 Å². The molecule has 13 heavy (non-hydrogen) atoms. The van der Waals surface area contributed by atoms with Crippen molar-refractivity contribution in [1.82, 2.24) is 20.1 Å². The summed E-state index contributed by atoms with van der Waals surface area (Å²) in [6.45, 7) is 4.31. The van der Waals surface area contributed by atoms with Crippen molar-refractivity contribution in [3.8, 4) is 12.3 Å².